The molecule has 2 rings (SSSR count). The Morgan fingerprint density at radius 2 is 1.95 bits per heavy atom. The number of fused-ring (bicyclic) bond motifs is 1. The second-order valence-electron chi connectivity index (χ2n) is 4.86. The highest BCUT2D eigenvalue weighted by Gasteiger charge is 2.21. The molecule has 1 aliphatic carbocycles. The first-order valence-corrected chi connectivity index (χ1v) is 6.86. The van der Waals surface area contributed by atoms with Gasteiger partial charge in [-0.25, -0.2) is 0 Å². The standard InChI is InChI=1S/C14H17NO2.C2H6/c1-8-3-10(5-14(15)9(2)16)4-11-6-12(17)7-13(8)11;1-2/h3-4,14H,5-7,15H2,1-2H3;1-2H3. The Labute approximate surface area is 115 Å². The number of hydrogen-bond acceptors (Lipinski definition) is 3. The molecular weight excluding hydrogens is 238 g/mol. The quantitative estimate of drug-likeness (QED) is 0.907. The molecule has 1 unspecified atom stereocenters. The van der Waals surface area contributed by atoms with E-state index < -0.39 is 6.04 Å². The molecule has 19 heavy (non-hydrogen) atoms. The van der Waals surface area contributed by atoms with Crippen LogP contribution in [0.1, 0.15) is 43.0 Å². The lowest BCUT2D eigenvalue weighted by Gasteiger charge is -2.11. The molecule has 2 N–H and O–H groups in total. The van der Waals surface area contributed by atoms with Crippen molar-refractivity contribution in [2.45, 2.75) is 53.0 Å². The topological polar surface area (TPSA) is 60.2 Å². The van der Waals surface area contributed by atoms with E-state index in [2.05, 4.69) is 0 Å². The zero-order chi connectivity index (χ0) is 14.6. The van der Waals surface area contributed by atoms with E-state index in [1.54, 1.807) is 0 Å². The SMILES string of the molecule is CC.CC(=O)C(N)Cc1cc(C)c2c(c1)CC(=O)C2. The zero-order valence-electron chi connectivity index (χ0n) is 12.2. The van der Waals surface area contributed by atoms with Gasteiger partial charge in [0, 0.05) is 12.8 Å². The van der Waals surface area contributed by atoms with Crippen LogP contribution in [-0.4, -0.2) is 17.6 Å². The predicted octanol–water partition coefficient (Wildman–Crippen LogP) is 2.15. The minimum atomic E-state index is -0.440. The number of carbonyl (C=O) groups excluding carboxylic acids is 2. The second kappa shape index (κ2) is 6.62. The number of carbonyl (C=O) groups is 2. The monoisotopic (exact) mass is 261 g/mol. The molecule has 0 fully saturated rings. The first-order chi connectivity index (χ1) is 8.97. The van der Waals surface area contributed by atoms with Crippen LogP contribution in [-0.2, 0) is 28.9 Å². The smallest absolute Gasteiger partial charge is 0.146 e. The summed E-state index contributed by atoms with van der Waals surface area (Å²) in [5.74, 6) is 0.273. The Kier molecular flexibility index (Phi) is 5.43. The third kappa shape index (κ3) is 3.74. The number of benzene rings is 1. The fourth-order valence-corrected chi connectivity index (χ4v) is 2.37. The van der Waals surface area contributed by atoms with E-state index in [-0.39, 0.29) is 11.6 Å². The number of ketones is 2. The normalized spacial score (nSPS) is 14.5. The maximum Gasteiger partial charge on any atom is 0.146 e. The van der Waals surface area contributed by atoms with Crippen molar-refractivity contribution in [2.24, 2.45) is 5.73 Å². The second-order valence-corrected chi connectivity index (χ2v) is 4.86. The summed E-state index contributed by atoms with van der Waals surface area (Å²) in [5.41, 5.74) is 10.2. The molecule has 3 nitrogen and oxygen atoms in total. The molecule has 0 saturated carbocycles. The Bertz CT molecular complexity index is 492. The Balaban J connectivity index is 0.000000861. The largest absolute Gasteiger partial charge is 0.321 e. The Morgan fingerprint density at radius 1 is 1.32 bits per heavy atom. The highest BCUT2D eigenvalue weighted by Crippen LogP contribution is 2.25. The first kappa shape index (κ1) is 15.6. The fourth-order valence-electron chi connectivity index (χ4n) is 2.37. The van der Waals surface area contributed by atoms with E-state index in [0.29, 0.717) is 19.3 Å². The van der Waals surface area contributed by atoms with E-state index in [0.717, 1.165) is 22.3 Å². The summed E-state index contributed by atoms with van der Waals surface area (Å²) in [4.78, 5) is 22.6. The summed E-state index contributed by atoms with van der Waals surface area (Å²) in [6.45, 7) is 7.52. The summed E-state index contributed by atoms with van der Waals surface area (Å²) < 4.78 is 0. The number of Topliss-reactive ketones (excluding diaryl/α,β-unsaturated/α-hetero) is 2. The summed E-state index contributed by atoms with van der Waals surface area (Å²) in [6.07, 6.45) is 1.64. The molecule has 0 spiro atoms. The molecule has 104 valence electrons. The van der Waals surface area contributed by atoms with Gasteiger partial charge in [-0.1, -0.05) is 26.0 Å². The van der Waals surface area contributed by atoms with Gasteiger partial charge in [0.1, 0.15) is 11.6 Å². The van der Waals surface area contributed by atoms with E-state index in [4.69, 9.17) is 5.73 Å². The molecule has 0 amide bonds. The molecule has 3 heteroatoms. The molecule has 0 saturated heterocycles. The number of rotatable bonds is 3. The van der Waals surface area contributed by atoms with Crippen LogP contribution < -0.4 is 5.73 Å². The van der Waals surface area contributed by atoms with Crippen LogP contribution in [0.5, 0.6) is 0 Å². The number of aryl methyl sites for hydroxylation is 1. The maximum absolute atomic E-state index is 11.4. The summed E-state index contributed by atoms with van der Waals surface area (Å²) in [6, 6.07) is 3.63. The molecule has 0 aromatic heterocycles. The van der Waals surface area contributed by atoms with E-state index >= 15 is 0 Å². The van der Waals surface area contributed by atoms with Gasteiger partial charge in [0.2, 0.25) is 0 Å². The van der Waals surface area contributed by atoms with Gasteiger partial charge in [-0.15, -0.1) is 0 Å². The van der Waals surface area contributed by atoms with Crippen molar-refractivity contribution in [2.75, 3.05) is 0 Å². The average molecular weight is 261 g/mol. The van der Waals surface area contributed by atoms with Crippen LogP contribution in [0.15, 0.2) is 12.1 Å². The van der Waals surface area contributed by atoms with Gasteiger partial charge in [0.05, 0.1) is 6.04 Å². The fraction of sp³-hybridized carbons (Fsp3) is 0.500. The lowest BCUT2D eigenvalue weighted by atomic mass is 9.96. The van der Waals surface area contributed by atoms with Crippen LogP contribution in [0.4, 0.5) is 0 Å². The molecule has 1 aliphatic rings. The van der Waals surface area contributed by atoms with E-state index in [1.165, 1.54) is 6.92 Å². The van der Waals surface area contributed by atoms with Crippen molar-refractivity contribution in [3.63, 3.8) is 0 Å². The molecule has 0 bridgehead atoms. The van der Waals surface area contributed by atoms with Crippen molar-refractivity contribution in [1.29, 1.82) is 0 Å². The minimum absolute atomic E-state index is 0.000715. The molecule has 0 aliphatic heterocycles. The van der Waals surface area contributed by atoms with Gasteiger partial charge in [0.15, 0.2) is 0 Å². The average Bonchev–Trinajstić information content (AvgIpc) is 2.72. The van der Waals surface area contributed by atoms with Gasteiger partial charge in [0.25, 0.3) is 0 Å². The minimum Gasteiger partial charge on any atom is -0.321 e. The summed E-state index contributed by atoms with van der Waals surface area (Å²) in [7, 11) is 0. The van der Waals surface area contributed by atoms with E-state index in [1.807, 2.05) is 32.9 Å². The highest BCUT2D eigenvalue weighted by molar-refractivity contribution is 5.88. The van der Waals surface area contributed by atoms with E-state index in [9.17, 15) is 9.59 Å². The van der Waals surface area contributed by atoms with Crippen LogP contribution in [0.25, 0.3) is 0 Å². The van der Waals surface area contributed by atoms with Crippen LogP contribution in [0.3, 0.4) is 0 Å². The zero-order valence-corrected chi connectivity index (χ0v) is 12.2. The first-order valence-electron chi connectivity index (χ1n) is 6.86. The third-order valence-electron chi connectivity index (χ3n) is 3.36. The highest BCUT2D eigenvalue weighted by atomic mass is 16.1. The lowest BCUT2D eigenvalue weighted by molar-refractivity contribution is -0.118. The Hall–Kier alpha value is -1.48. The molecule has 0 radical (unpaired) electrons. The maximum atomic E-state index is 11.4. The third-order valence-corrected chi connectivity index (χ3v) is 3.36. The van der Waals surface area contributed by atoms with Gasteiger partial charge < -0.3 is 5.73 Å². The molecule has 1 aromatic rings. The van der Waals surface area contributed by atoms with Crippen LogP contribution >= 0.6 is 0 Å². The van der Waals surface area contributed by atoms with Crippen molar-refractivity contribution in [3.8, 4) is 0 Å². The summed E-state index contributed by atoms with van der Waals surface area (Å²) in [5, 5.41) is 0. The summed E-state index contributed by atoms with van der Waals surface area (Å²) >= 11 is 0. The van der Waals surface area contributed by atoms with Gasteiger partial charge in [-0.2, -0.15) is 0 Å². The van der Waals surface area contributed by atoms with Crippen molar-refractivity contribution < 1.29 is 9.59 Å². The number of hydrogen-bond donors (Lipinski definition) is 1. The number of nitrogens with two attached hydrogens (primary N) is 1. The van der Waals surface area contributed by atoms with Crippen molar-refractivity contribution in [1.82, 2.24) is 0 Å². The lowest BCUT2D eigenvalue weighted by Crippen LogP contribution is -2.30. The molecule has 1 atom stereocenters. The molecular formula is C16H23NO2. The van der Waals surface area contributed by atoms with Crippen molar-refractivity contribution >= 4 is 11.6 Å². The predicted molar refractivity (Wildman–Crippen MR) is 77.3 cm³/mol. The van der Waals surface area contributed by atoms with Gasteiger partial charge in [-0.3, -0.25) is 9.59 Å². The molecule has 1 aromatic carbocycles. The van der Waals surface area contributed by atoms with Crippen LogP contribution in [0, 0.1) is 6.92 Å². The molecule has 0 heterocycles. The van der Waals surface area contributed by atoms with Gasteiger partial charge in [-0.05, 0) is 42.5 Å². The van der Waals surface area contributed by atoms with Gasteiger partial charge >= 0.3 is 0 Å². The van der Waals surface area contributed by atoms with Crippen LogP contribution in [0.2, 0.25) is 0 Å². The Morgan fingerprint density at radius 3 is 2.53 bits per heavy atom. The van der Waals surface area contributed by atoms with Crippen molar-refractivity contribution in [3.05, 3.63) is 34.4 Å².